The zero-order valence-electron chi connectivity index (χ0n) is 11.9. The van der Waals surface area contributed by atoms with Crippen LogP contribution in [0.3, 0.4) is 0 Å². The van der Waals surface area contributed by atoms with Gasteiger partial charge in [-0.15, -0.1) is 0 Å². The molecule has 18 heavy (non-hydrogen) atoms. The van der Waals surface area contributed by atoms with E-state index >= 15 is 0 Å². The van der Waals surface area contributed by atoms with Crippen LogP contribution in [0.25, 0.3) is 0 Å². The van der Waals surface area contributed by atoms with E-state index in [-0.39, 0.29) is 12.3 Å². The second-order valence-corrected chi connectivity index (χ2v) is 5.85. The highest BCUT2D eigenvalue weighted by molar-refractivity contribution is 6.00. The first-order valence-corrected chi connectivity index (χ1v) is 5.67. The number of nitrogens with zero attached hydrogens (tertiary/aromatic N) is 1. The molecule has 104 valence electrons. The van der Waals surface area contributed by atoms with E-state index < -0.39 is 23.3 Å². The van der Waals surface area contributed by atoms with Gasteiger partial charge in [-0.3, -0.25) is 4.79 Å². The summed E-state index contributed by atoms with van der Waals surface area (Å²) in [6.07, 6.45) is -1.06. The van der Waals surface area contributed by atoms with E-state index in [2.05, 4.69) is 4.99 Å². The van der Waals surface area contributed by atoms with Gasteiger partial charge in [-0.1, -0.05) is 0 Å². The monoisotopic (exact) mass is 258 g/mol. The zero-order valence-corrected chi connectivity index (χ0v) is 11.9. The van der Waals surface area contributed by atoms with Crippen LogP contribution in [0.2, 0.25) is 0 Å². The molecule has 2 N–H and O–H groups in total. The van der Waals surface area contributed by atoms with Gasteiger partial charge in [0, 0.05) is 0 Å². The molecule has 0 aliphatic rings. The fraction of sp³-hybridized carbons (Fsp3) is 0.750. The number of aliphatic imine (C=N–C) groups is 1. The zero-order chi connectivity index (χ0) is 14.6. The van der Waals surface area contributed by atoms with Crippen LogP contribution in [0, 0.1) is 0 Å². The molecule has 0 aromatic heterocycles. The van der Waals surface area contributed by atoms with Gasteiger partial charge in [0.1, 0.15) is 23.5 Å². The Balaban J connectivity index is 4.36. The van der Waals surface area contributed by atoms with Crippen molar-refractivity contribution < 1.29 is 19.1 Å². The first-order chi connectivity index (χ1) is 7.89. The molecule has 6 heteroatoms. The number of carbonyl (C=O) groups excluding carboxylic acids is 2. The standard InChI is InChI=1S/C12H22N2O4/c1-11(2,3)17-9(15)7-8(13)14-10(16)18-12(4,5)6/h7H2,1-6H3,(H2,13,14,16). The van der Waals surface area contributed by atoms with Gasteiger partial charge < -0.3 is 15.2 Å². The molecule has 0 saturated heterocycles. The molecule has 0 unspecified atom stereocenters. The summed E-state index contributed by atoms with van der Waals surface area (Å²) in [6.45, 7) is 10.4. The molecule has 0 radical (unpaired) electrons. The van der Waals surface area contributed by atoms with Gasteiger partial charge in [0.15, 0.2) is 0 Å². The maximum atomic E-state index is 11.4. The summed E-state index contributed by atoms with van der Waals surface area (Å²) < 4.78 is 9.97. The summed E-state index contributed by atoms with van der Waals surface area (Å²) >= 11 is 0. The number of rotatable bonds is 2. The number of carbonyl (C=O) groups is 2. The molecule has 0 heterocycles. The molecule has 0 aliphatic carbocycles. The van der Waals surface area contributed by atoms with Gasteiger partial charge in [0.25, 0.3) is 0 Å². The van der Waals surface area contributed by atoms with Gasteiger partial charge in [0.2, 0.25) is 0 Å². The van der Waals surface area contributed by atoms with Crippen molar-refractivity contribution in [3.8, 4) is 0 Å². The molecule has 0 saturated carbocycles. The molecule has 0 rings (SSSR count). The smallest absolute Gasteiger partial charge is 0.435 e. The quantitative estimate of drug-likeness (QED) is 0.464. The molecule has 0 aromatic rings. The Morgan fingerprint density at radius 3 is 1.83 bits per heavy atom. The summed E-state index contributed by atoms with van der Waals surface area (Å²) in [5, 5.41) is 0. The van der Waals surface area contributed by atoms with Crippen molar-refractivity contribution in [2.24, 2.45) is 10.7 Å². The van der Waals surface area contributed by atoms with E-state index in [1.165, 1.54) is 0 Å². The third kappa shape index (κ3) is 9.62. The predicted molar refractivity (Wildman–Crippen MR) is 68.3 cm³/mol. The average molecular weight is 258 g/mol. The van der Waals surface area contributed by atoms with Crippen molar-refractivity contribution >= 4 is 17.9 Å². The van der Waals surface area contributed by atoms with E-state index in [0.29, 0.717) is 0 Å². The number of amides is 1. The fourth-order valence-corrected chi connectivity index (χ4v) is 0.967. The maximum Gasteiger partial charge on any atom is 0.435 e. The first kappa shape index (κ1) is 16.4. The number of ether oxygens (including phenoxy) is 2. The van der Waals surface area contributed by atoms with E-state index in [4.69, 9.17) is 15.2 Å². The SMILES string of the molecule is CC(C)(C)OC(=O)CC(N)=NC(=O)OC(C)(C)C. The molecule has 0 spiro atoms. The van der Waals surface area contributed by atoms with Crippen LogP contribution in [-0.2, 0) is 14.3 Å². The molecule has 0 bridgehead atoms. The lowest BCUT2D eigenvalue weighted by Gasteiger charge is -2.19. The van der Waals surface area contributed by atoms with E-state index in [9.17, 15) is 9.59 Å². The summed E-state index contributed by atoms with van der Waals surface area (Å²) in [6, 6.07) is 0. The molecular weight excluding hydrogens is 236 g/mol. The minimum atomic E-state index is -0.816. The lowest BCUT2D eigenvalue weighted by Crippen LogP contribution is -2.28. The summed E-state index contributed by atoms with van der Waals surface area (Å²) in [7, 11) is 0. The van der Waals surface area contributed by atoms with Crippen molar-refractivity contribution in [1.82, 2.24) is 0 Å². The van der Waals surface area contributed by atoms with Crippen molar-refractivity contribution in [1.29, 1.82) is 0 Å². The van der Waals surface area contributed by atoms with Gasteiger partial charge in [-0.2, -0.15) is 4.99 Å². The lowest BCUT2D eigenvalue weighted by molar-refractivity contribution is -0.153. The third-order valence-corrected chi connectivity index (χ3v) is 1.37. The molecule has 0 fully saturated rings. The Morgan fingerprint density at radius 1 is 1.00 bits per heavy atom. The van der Waals surface area contributed by atoms with E-state index in [1.807, 2.05) is 0 Å². The predicted octanol–water partition coefficient (Wildman–Crippen LogP) is 2.01. The molecule has 0 aromatic carbocycles. The number of hydrogen-bond acceptors (Lipinski definition) is 4. The highest BCUT2D eigenvalue weighted by Crippen LogP contribution is 2.09. The normalized spacial score (nSPS) is 13.1. The fourth-order valence-electron chi connectivity index (χ4n) is 0.967. The average Bonchev–Trinajstić information content (AvgIpc) is 1.92. The van der Waals surface area contributed by atoms with Crippen LogP contribution in [0.1, 0.15) is 48.0 Å². The number of amidine groups is 1. The Morgan fingerprint density at radius 2 is 1.44 bits per heavy atom. The number of esters is 1. The first-order valence-electron chi connectivity index (χ1n) is 5.67. The van der Waals surface area contributed by atoms with Gasteiger partial charge in [0.05, 0.1) is 0 Å². The molecule has 6 nitrogen and oxygen atoms in total. The van der Waals surface area contributed by atoms with Crippen molar-refractivity contribution in [2.45, 2.75) is 59.2 Å². The van der Waals surface area contributed by atoms with Gasteiger partial charge in [-0.05, 0) is 41.5 Å². The van der Waals surface area contributed by atoms with E-state index in [0.717, 1.165) is 0 Å². The minimum absolute atomic E-state index is 0.126. The highest BCUT2D eigenvalue weighted by Gasteiger charge is 2.19. The van der Waals surface area contributed by atoms with Crippen molar-refractivity contribution in [3.05, 3.63) is 0 Å². The summed E-state index contributed by atoms with van der Waals surface area (Å²) in [4.78, 5) is 26.2. The highest BCUT2D eigenvalue weighted by atomic mass is 16.6. The Labute approximate surface area is 108 Å². The molecular formula is C12H22N2O4. The van der Waals surface area contributed by atoms with Crippen LogP contribution in [0.15, 0.2) is 4.99 Å². The lowest BCUT2D eigenvalue weighted by atomic mass is 10.2. The maximum absolute atomic E-state index is 11.4. The summed E-state index contributed by atoms with van der Waals surface area (Å²) in [5.74, 6) is -0.661. The Kier molecular flexibility index (Phi) is 5.32. The molecule has 0 aliphatic heterocycles. The largest absolute Gasteiger partial charge is 0.460 e. The molecule has 1 amide bonds. The van der Waals surface area contributed by atoms with Crippen LogP contribution < -0.4 is 5.73 Å². The van der Waals surface area contributed by atoms with Crippen LogP contribution >= 0.6 is 0 Å². The van der Waals surface area contributed by atoms with Crippen molar-refractivity contribution in [2.75, 3.05) is 0 Å². The van der Waals surface area contributed by atoms with Crippen LogP contribution in [0.5, 0.6) is 0 Å². The second kappa shape index (κ2) is 5.84. The van der Waals surface area contributed by atoms with Gasteiger partial charge >= 0.3 is 12.1 Å². The Hall–Kier alpha value is -1.59. The topological polar surface area (TPSA) is 91.0 Å². The van der Waals surface area contributed by atoms with Crippen molar-refractivity contribution in [3.63, 3.8) is 0 Å². The van der Waals surface area contributed by atoms with Gasteiger partial charge in [-0.25, -0.2) is 4.79 Å². The minimum Gasteiger partial charge on any atom is -0.460 e. The second-order valence-electron chi connectivity index (χ2n) is 5.85. The molecule has 0 atom stereocenters. The van der Waals surface area contributed by atoms with Crippen LogP contribution in [0.4, 0.5) is 4.79 Å². The Bertz CT molecular complexity index is 348. The van der Waals surface area contributed by atoms with Crippen LogP contribution in [-0.4, -0.2) is 29.1 Å². The third-order valence-electron chi connectivity index (χ3n) is 1.37. The van der Waals surface area contributed by atoms with E-state index in [1.54, 1.807) is 41.5 Å². The number of nitrogens with two attached hydrogens (primary N) is 1. The number of hydrogen-bond donors (Lipinski definition) is 1. The summed E-state index contributed by atoms with van der Waals surface area (Å²) in [5.41, 5.74) is 4.22.